The number of nitrogens with one attached hydrogen (secondary N) is 1. The summed E-state index contributed by atoms with van der Waals surface area (Å²) in [6.07, 6.45) is 5.53. The van der Waals surface area contributed by atoms with Crippen LogP contribution in [0, 0.1) is 6.92 Å². The molecule has 1 N–H and O–H groups in total. The fourth-order valence-corrected chi connectivity index (χ4v) is 5.90. The number of rotatable bonds is 5. The first-order valence-corrected chi connectivity index (χ1v) is 12.2. The van der Waals surface area contributed by atoms with Crippen LogP contribution in [0.1, 0.15) is 55.5 Å². The van der Waals surface area contributed by atoms with E-state index in [4.69, 9.17) is 9.72 Å². The predicted octanol–water partition coefficient (Wildman–Crippen LogP) is 4.31. The molecule has 33 heavy (non-hydrogen) atoms. The van der Waals surface area contributed by atoms with Crippen molar-refractivity contribution in [2.75, 3.05) is 19.7 Å². The molecule has 2 saturated heterocycles. The van der Waals surface area contributed by atoms with Crippen molar-refractivity contribution in [2.45, 2.75) is 57.5 Å². The summed E-state index contributed by atoms with van der Waals surface area (Å²) < 4.78 is 8.07. The van der Waals surface area contributed by atoms with Crippen molar-refractivity contribution in [2.24, 2.45) is 7.05 Å². The van der Waals surface area contributed by atoms with E-state index in [2.05, 4.69) is 59.1 Å². The second kappa shape index (κ2) is 8.82. The van der Waals surface area contributed by atoms with Gasteiger partial charge in [-0.15, -0.1) is 0 Å². The Morgan fingerprint density at radius 2 is 2.12 bits per heavy atom. The molecule has 2 aromatic heterocycles. The first kappa shape index (κ1) is 22.0. The third kappa shape index (κ3) is 4.01. The Balaban J connectivity index is 1.50. The van der Waals surface area contributed by atoms with Gasteiger partial charge in [0, 0.05) is 67.5 Å². The van der Waals surface area contributed by atoms with Gasteiger partial charge < -0.3 is 14.6 Å². The highest BCUT2D eigenvalue weighted by Gasteiger charge is 2.49. The molecule has 2 aliphatic heterocycles. The quantitative estimate of drug-likeness (QED) is 0.635. The average Bonchev–Trinajstić information content (AvgIpc) is 3.19. The van der Waals surface area contributed by atoms with Crippen LogP contribution in [-0.2, 0) is 18.4 Å². The van der Waals surface area contributed by atoms with E-state index in [9.17, 15) is 4.79 Å². The zero-order valence-electron chi connectivity index (χ0n) is 19.9. The molecule has 1 amide bonds. The lowest BCUT2D eigenvalue weighted by Gasteiger charge is -2.34. The van der Waals surface area contributed by atoms with E-state index in [0.717, 1.165) is 50.3 Å². The number of carbonyl (C=O) groups is 1. The number of pyridine rings is 1. The molecule has 0 bridgehead atoms. The second-order valence-electron chi connectivity index (χ2n) is 9.62. The minimum absolute atomic E-state index is 0.179. The standard InChI is InChI=1S/C27H34N4O2/c1-4-33-20-11-12-25-21(15-20)22(19(2)30(25)3)16-31-17-23(24-9-6-8-14-28-24)27(18-31)13-7-5-10-26(32)29-27/h6,8-9,11-12,14-15,23H,4-5,7,10,13,16-18H2,1-3H3,(H,29,32)/t23-,27+/m0/s1. The van der Waals surface area contributed by atoms with Crippen LogP contribution in [0.2, 0.25) is 0 Å². The van der Waals surface area contributed by atoms with Crippen molar-refractivity contribution in [3.63, 3.8) is 0 Å². The molecule has 1 spiro atoms. The van der Waals surface area contributed by atoms with Crippen molar-refractivity contribution in [1.29, 1.82) is 0 Å². The van der Waals surface area contributed by atoms with Gasteiger partial charge in [-0.25, -0.2) is 0 Å². The number of ether oxygens (including phenoxy) is 1. The number of carbonyl (C=O) groups excluding carboxylic acids is 1. The Hall–Kier alpha value is -2.86. The number of benzene rings is 1. The zero-order chi connectivity index (χ0) is 23.0. The van der Waals surface area contributed by atoms with Crippen LogP contribution in [0.15, 0.2) is 42.6 Å². The Bertz CT molecular complexity index is 1160. The van der Waals surface area contributed by atoms with Crippen molar-refractivity contribution in [3.05, 3.63) is 59.5 Å². The van der Waals surface area contributed by atoms with Gasteiger partial charge in [0.25, 0.3) is 0 Å². The van der Waals surface area contributed by atoms with E-state index >= 15 is 0 Å². The van der Waals surface area contributed by atoms with E-state index < -0.39 is 0 Å². The molecule has 0 saturated carbocycles. The molecule has 5 rings (SSSR count). The number of hydrogen-bond donors (Lipinski definition) is 1. The highest BCUT2D eigenvalue weighted by Crippen LogP contribution is 2.41. The van der Waals surface area contributed by atoms with E-state index in [0.29, 0.717) is 13.0 Å². The normalized spacial score (nSPS) is 23.7. The third-order valence-electron chi connectivity index (χ3n) is 7.61. The lowest BCUT2D eigenvalue weighted by atomic mass is 9.81. The molecule has 2 atom stereocenters. The molecule has 174 valence electrons. The van der Waals surface area contributed by atoms with Gasteiger partial charge >= 0.3 is 0 Å². The summed E-state index contributed by atoms with van der Waals surface area (Å²) >= 11 is 0. The van der Waals surface area contributed by atoms with Crippen LogP contribution < -0.4 is 10.1 Å². The Labute approximate surface area is 195 Å². The summed E-state index contributed by atoms with van der Waals surface area (Å²) in [6.45, 7) is 7.46. The Morgan fingerprint density at radius 1 is 1.24 bits per heavy atom. The van der Waals surface area contributed by atoms with Crippen LogP contribution in [0.3, 0.4) is 0 Å². The van der Waals surface area contributed by atoms with Crippen LogP contribution >= 0.6 is 0 Å². The van der Waals surface area contributed by atoms with Crippen LogP contribution in [0.25, 0.3) is 10.9 Å². The largest absolute Gasteiger partial charge is 0.494 e. The van der Waals surface area contributed by atoms with Crippen molar-refractivity contribution in [3.8, 4) is 5.75 Å². The first-order valence-electron chi connectivity index (χ1n) is 12.2. The van der Waals surface area contributed by atoms with E-state index in [1.807, 2.05) is 19.2 Å². The molecule has 2 aliphatic rings. The molecular formula is C27H34N4O2. The molecule has 3 aromatic rings. The topological polar surface area (TPSA) is 59.4 Å². The fraction of sp³-hybridized carbons (Fsp3) is 0.481. The van der Waals surface area contributed by atoms with Gasteiger partial charge in [0.15, 0.2) is 0 Å². The maximum absolute atomic E-state index is 12.7. The van der Waals surface area contributed by atoms with Crippen molar-refractivity contribution >= 4 is 16.8 Å². The summed E-state index contributed by atoms with van der Waals surface area (Å²) in [5.41, 5.74) is 4.67. The lowest BCUT2D eigenvalue weighted by molar-refractivity contribution is -0.122. The van der Waals surface area contributed by atoms with Crippen molar-refractivity contribution in [1.82, 2.24) is 19.8 Å². The van der Waals surface area contributed by atoms with E-state index in [-0.39, 0.29) is 17.4 Å². The number of aromatic nitrogens is 2. The van der Waals surface area contributed by atoms with Gasteiger partial charge in [0.05, 0.1) is 12.1 Å². The molecule has 6 nitrogen and oxygen atoms in total. The van der Waals surface area contributed by atoms with Gasteiger partial charge in [-0.05, 0) is 62.6 Å². The maximum Gasteiger partial charge on any atom is 0.220 e. The van der Waals surface area contributed by atoms with E-state index in [1.165, 1.54) is 22.2 Å². The number of fused-ring (bicyclic) bond motifs is 1. The highest BCUT2D eigenvalue weighted by molar-refractivity contribution is 5.87. The minimum atomic E-state index is -0.253. The number of likely N-dealkylation sites (tertiary alicyclic amines) is 1. The lowest BCUT2D eigenvalue weighted by Crippen LogP contribution is -2.52. The van der Waals surface area contributed by atoms with Gasteiger partial charge in [0.1, 0.15) is 5.75 Å². The molecule has 0 radical (unpaired) electrons. The Morgan fingerprint density at radius 3 is 2.91 bits per heavy atom. The first-order chi connectivity index (χ1) is 16.0. The molecule has 2 fully saturated rings. The third-order valence-corrected chi connectivity index (χ3v) is 7.61. The summed E-state index contributed by atoms with van der Waals surface area (Å²) in [6, 6.07) is 12.5. The van der Waals surface area contributed by atoms with Gasteiger partial charge in [-0.3, -0.25) is 14.7 Å². The average molecular weight is 447 g/mol. The predicted molar refractivity (Wildman–Crippen MR) is 130 cm³/mol. The smallest absolute Gasteiger partial charge is 0.220 e. The zero-order valence-corrected chi connectivity index (χ0v) is 19.9. The Kier molecular flexibility index (Phi) is 5.87. The fourth-order valence-electron chi connectivity index (χ4n) is 5.90. The van der Waals surface area contributed by atoms with E-state index in [1.54, 1.807) is 0 Å². The maximum atomic E-state index is 12.7. The van der Waals surface area contributed by atoms with Gasteiger partial charge in [0.2, 0.25) is 5.91 Å². The number of hydrogen-bond acceptors (Lipinski definition) is 4. The molecule has 6 heteroatoms. The molecule has 1 aromatic carbocycles. The van der Waals surface area contributed by atoms with Crippen LogP contribution in [0.4, 0.5) is 0 Å². The SMILES string of the molecule is CCOc1ccc2c(c1)c(CN1C[C@@H](c3ccccn3)[C@@]3(CCCCC(=O)N3)C1)c(C)n2C. The summed E-state index contributed by atoms with van der Waals surface area (Å²) in [5, 5.41) is 4.71. The molecule has 0 aliphatic carbocycles. The summed E-state index contributed by atoms with van der Waals surface area (Å²) in [5.74, 6) is 1.28. The molecule has 4 heterocycles. The minimum Gasteiger partial charge on any atom is -0.494 e. The molecular weight excluding hydrogens is 412 g/mol. The van der Waals surface area contributed by atoms with Gasteiger partial charge in [-0.2, -0.15) is 0 Å². The number of amides is 1. The summed E-state index contributed by atoms with van der Waals surface area (Å²) in [7, 11) is 2.13. The second-order valence-corrected chi connectivity index (χ2v) is 9.62. The summed E-state index contributed by atoms with van der Waals surface area (Å²) in [4.78, 5) is 19.9. The van der Waals surface area contributed by atoms with Crippen molar-refractivity contribution < 1.29 is 9.53 Å². The van der Waals surface area contributed by atoms with Crippen LogP contribution in [-0.4, -0.2) is 45.6 Å². The number of nitrogens with zero attached hydrogens (tertiary/aromatic N) is 3. The van der Waals surface area contributed by atoms with Crippen LogP contribution in [0.5, 0.6) is 5.75 Å². The van der Waals surface area contributed by atoms with Gasteiger partial charge in [-0.1, -0.05) is 12.5 Å². The molecule has 0 unspecified atom stereocenters. The monoisotopic (exact) mass is 446 g/mol. The highest BCUT2D eigenvalue weighted by atomic mass is 16.5. The number of aryl methyl sites for hydroxylation is 1.